The molecule has 3 heterocycles. The number of alkyl halides is 1. The molecule has 3 aromatic rings. The standard InChI is InChI=1S/C16H16F2N4/c1-9-20-14-15(22(9)13-6-7-19-8-11(13)17)10-4-2-3-5-12(10)21-16(14)18/h2-5,11,13,19H,6-8H2,1H3/t11-,13-/m0/s1. The van der Waals surface area contributed by atoms with Gasteiger partial charge in [0.2, 0.25) is 5.95 Å². The average molecular weight is 302 g/mol. The molecule has 0 saturated carbocycles. The van der Waals surface area contributed by atoms with Gasteiger partial charge in [0, 0.05) is 11.9 Å². The van der Waals surface area contributed by atoms with Crippen molar-refractivity contribution < 1.29 is 8.78 Å². The fraction of sp³-hybridized carbons (Fsp3) is 0.375. The fourth-order valence-corrected chi connectivity index (χ4v) is 3.38. The molecule has 2 aromatic heterocycles. The largest absolute Gasteiger partial charge is 0.321 e. The van der Waals surface area contributed by atoms with Gasteiger partial charge in [0.15, 0.2) is 0 Å². The van der Waals surface area contributed by atoms with Gasteiger partial charge in [0.1, 0.15) is 17.5 Å². The Morgan fingerprint density at radius 1 is 1.27 bits per heavy atom. The van der Waals surface area contributed by atoms with Crippen LogP contribution < -0.4 is 5.32 Å². The SMILES string of the molecule is Cc1nc2c(F)nc3ccccc3c2n1[C@H]1CCNC[C@@H]1F. The summed E-state index contributed by atoms with van der Waals surface area (Å²) in [5, 5.41) is 3.86. The zero-order chi connectivity index (χ0) is 15.3. The van der Waals surface area contributed by atoms with Crippen molar-refractivity contribution in [2.45, 2.75) is 25.6 Å². The molecule has 0 unspecified atom stereocenters. The number of nitrogens with zero attached hydrogens (tertiary/aromatic N) is 3. The van der Waals surface area contributed by atoms with Crippen molar-refractivity contribution in [3.8, 4) is 0 Å². The first-order chi connectivity index (χ1) is 10.7. The van der Waals surface area contributed by atoms with Gasteiger partial charge in [0.25, 0.3) is 0 Å². The molecule has 1 saturated heterocycles. The Labute approximate surface area is 126 Å². The first-order valence-electron chi connectivity index (χ1n) is 7.44. The highest BCUT2D eigenvalue weighted by atomic mass is 19.1. The number of aromatic nitrogens is 3. The lowest BCUT2D eigenvalue weighted by Crippen LogP contribution is -2.39. The number of rotatable bonds is 1. The summed E-state index contributed by atoms with van der Waals surface area (Å²) >= 11 is 0. The number of aryl methyl sites for hydroxylation is 1. The van der Waals surface area contributed by atoms with Crippen LogP contribution in [0.1, 0.15) is 18.3 Å². The van der Waals surface area contributed by atoms with E-state index in [-0.39, 0.29) is 11.6 Å². The lowest BCUT2D eigenvalue weighted by Gasteiger charge is -2.29. The van der Waals surface area contributed by atoms with Gasteiger partial charge < -0.3 is 9.88 Å². The Balaban J connectivity index is 2.07. The molecule has 2 atom stereocenters. The zero-order valence-electron chi connectivity index (χ0n) is 12.2. The first-order valence-corrected chi connectivity index (χ1v) is 7.44. The number of halogens is 2. The summed E-state index contributed by atoms with van der Waals surface area (Å²) in [5.41, 5.74) is 1.44. The Morgan fingerprint density at radius 2 is 2.09 bits per heavy atom. The van der Waals surface area contributed by atoms with Gasteiger partial charge in [0.05, 0.1) is 17.1 Å². The van der Waals surface area contributed by atoms with E-state index in [0.717, 1.165) is 11.9 Å². The van der Waals surface area contributed by atoms with Crippen molar-refractivity contribution in [3.05, 3.63) is 36.0 Å². The number of hydrogen-bond donors (Lipinski definition) is 1. The first kappa shape index (κ1) is 13.6. The van der Waals surface area contributed by atoms with Crippen LogP contribution in [0.25, 0.3) is 21.9 Å². The van der Waals surface area contributed by atoms with E-state index in [4.69, 9.17) is 0 Å². The number of pyridine rings is 1. The minimum Gasteiger partial charge on any atom is -0.321 e. The second kappa shape index (κ2) is 4.98. The van der Waals surface area contributed by atoms with Gasteiger partial charge in [-0.05, 0) is 26.0 Å². The second-order valence-corrected chi connectivity index (χ2v) is 5.72. The van der Waals surface area contributed by atoms with Crippen molar-refractivity contribution in [1.29, 1.82) is 0 Å². The minimum absolute atomic E-state index is 0.224. The Bertz CT molecular complexity index is 858. The molecule has 22 heavy (non-hydrogen) atoms. The predicted octanol–water partition coefficient (Wildman–Crippen LogP) is 2.90. The molecule has 1 N–H and O–H groups in total. The highest BCUT2D eigenvalue weighted by Crippen LogP contribution is 2.33. The third-order valence-corrected chi connectivity index (χ3v) is 4.37. The summed E-state index contributed by atoms with van der Waals surface area (Å²) in [6, 6.07) is 7.02. The molecule has 4 nitrogen and oxygen atoms in total. The molecule has 0 radical (unpaired) electrons. The fourth-order valence-electron chi connectivity index (χ4n) is 3.38. The molecule has 0 amide bonds. The van der Waals surface area contributed by atoms with E-state index < -0.39 is 12.1 Å². The zero-order valence-corrected chi connectivity index (χ0v) is 12.2. The second-order valence-electron chi connectivity index (χ2n) is 5.72. The number of nitrogens with one attached hydrogen (secondary N) is 1. The average Bonchev–Trinajstić information content (AvgIpc) is 2.86. The molecule has 1 aromatic carbocycles. The summed E-state index contributed by atoms with van der Waals surface area (Å²) in [5.74, 6) is 0.0292. The van der Waals surface area contributed by atoms with Crippen LogP contribution in [0.5, 0.6) is 0 Å². The van der Waals surface area contributed by atoms with Crippen molar-refractivity contribution in [2.75, 3.05) is 13.1 Å². The van der Waals surface area contributed by atoms with Crippen LogP contribution >= 0.6 is 0 Å². The van der Waals surface area contributed by atoms with Gasteiger partial charge in [-0.2, -0.15) is 4.39 Å². The Morgan fingerprint density at radius 3 is 2.91 bits per heavy atom. The molecule has 1 aliphatic heterocycles. The molecular formula is C16H16F2N4. The minimum atomic E-state index is -1.01. The van der Waals surface area contributed by atoms with Crippen LogP contribution in [-0.2, 0) is 0 Å². The predicted molar refractivity (Wildman–Crippen MR) is 81.1 cm³/mol. The highest BCUT2D eigenvalue weighted by Gasteiger charge is 2.30. The van der Waals surface area contributed by atoms with Gasteiger partial charge in [-0.3, -0.25) is 0 Å². The van der Waals surface area contributed by atoms with E-state index in [1.54, 1.807) is 13.0 Å². The molecule has 1 aliphatic rings. The summed E-state index contributed by atoms with van der Waals surface area (Å²) in [7, 11) is 0. The van der Waals surface area contributed by atoms with E-state index in [1.807, 2.05) is 22.8 Å². The third kappa shape index (κ3) is 1.90. The van der Waals surface area contributed by atoms with E-state index >= 15 is 0 Å². The number of imidazole rings is 1. The molecular weight excluding hydrogens is 286 g/mol. The molecule has 4 rings (SSSR count). The van der Waals surface area contributed by atoms with Crippen LogP contribution in [0, 0.1) is 12.9 Å². The summed E-state index contributed by atoms with van der Waals surface area (Å²) in [6.07, 6.45) is -0.356. The van der Waals surface area contributed by atoms with Crippen molar-refractivity contribution in [3.63, 3.8) is 0 Å². The topological polar surface area (TPSA) is 42.7 Å². The molecule has 1 fully saturated rings. The van der Waals surface area contributed by atoms with Gasteiger partial charge >= 0.3 is 0 Å². The molecule has 0 bridgehead atoms. The number of benzene rings is 1. The van der Waals surface area contributed by atoms with Crippen LogP contribution in [0.2, 0.25) is 0 Å². The highest BCUT2D eigenvalue weighted by molar-refractivity contribution is 6.02. The third-order valence-electron chi connectivity index (χ3n) is 4.37. The van der Waals surface area contributed by atoms with E-state index in [1.165, 1.54) is 0 Å². The Hall–Kier alpha value is -2.08. The quantitative estimate of drug-likeness (QED) is 0.703. The smallest absolute Gasteiger partial charge is 0.241 e. The maximum atomic E-state index is 14.4. The lowest BCUT2D eigenvalue weighted by molar-refractivity contribution is 0.185. The van der Waals surface area contributed by atoms with Crippen LogP contribution in [0.4, 0.5) is 8.78 Å². The summed E-state index contributed by atoms with van der Waals surface area (Å²) in [4.78, 5) is 8.28. The molecule has 114 valence electrons. The van der Waals surface area contributed by atoms with Crippen molar-refractivity contribution in [1.82, 2.24) is 19.9 Å². The number of fused-ring (bicyclic) bond motifs is 3. The van der Waals surface area contributed by atoms with Gasteiger partial charge in [-0.15, -0.1) is 0 Å². The van der Waals surface area contributed by atoms with Crippen molar-refractivity contribution >= 4 is 21.9 Å². The monoisotopic (exact) mass is 302 g/mol. The molecule has 0 aliphatic carbocycles. The summed E-state index contributed by atoms with van der Waals surface area (Å²) in [6.45, 7) is 2.86. The number of hydrogen-bond acceptors (Lipinski definition) is 3. The van der Waals surface area contributed by atoms with Crippen molar-refractivity contribution in [2.24, 2.45) is 0 Å². The molecule has 6 heteroatoms. The lowest BCUT2D eigenvalue weighted by atomic mass is 10.0. The van der Waals surface area contributed by atoms with Crippen LogP contribution in [0.15, 0.2) is 24.3 Å². The Kier molecular flexibility index (Phi) is 3.07. The summed E-state index contributed by atoms with van der Waals surface area (Å²) < 4.78 is 30.5. The number of para-hydroxylation sites is 1. The van der Waals surface area contributed by atoms with Crippen LogP contribution in [-0.4, -0.2) is 33.8 Å². The number of piperidine rings is 1. The maximum Gasteiger partial charge on any atom is 0.241 e. The maximum absolute atomic E-state index is 14.4. The molecule has 0 spiro atoms. The van der Waals surface area contributed by atoms with Gasteiger partial charge in [-0.1, -0.05) is 18.2 Å². The van der Waals surface area contributed by atoms with E-state index in [2.05, 4.69) is 15.3 Å². The van der Waals surface area contributed by atoms with Crippen LogP contribution in [0.3, 0.4) is 0 Å². The van der Waals surface area contributed by atoms with Gasteiger partial charge in [-0.25, -0.2) is 14.4 Å². The van der Waals surface area contributed by atoms with E-state index in [9.17, 15) is 8.78 Å². The van der Waals surface area contributed by atoms with E-state index in [0.29, 0.717) is 29.8 Å². The normalized spacial score (nSPS) is 22.5.